The second-order valence-electron chi connectivity index (χ2n) is 7.07. The fourth-order valence-corrected chi connectivity index (χ4v) is 3.42. The van der Waals surface area contributed by atoms with Crippen LogP contribution < -0.4 is 16.0 Å². The highest BCUT2D eigenvalue weighted by atomic mass is 16.5. The molecule has 24 heavy (non-hydrogen) atoms. The molecule has 0 aliphatic heterocycles. The van der Waals surface area contributed by atoms with E-state index in [4.69, 9.17) is 4.74 Å². The maximum absolute atomic E-state index is 11.6. The summed E-state index contributed by atoms with van der Waals surface area (Å²) < 4.78 is 5.57. The molecule has 2 aliphatic carbocycles. The van der Waals surface area contributed by atoms with E-state index in [-0.39, 0.29) is 11.8 Å². The van der Waals surface area contributed by atoms with Gasteiger partial charge in [-0.05, 0) is 44.4 Å². The summed E-state index contributed by atoms with van der Waals surface area (Å²) in [5.41, 5.74) is 0.340. The molecule has 0 aromatic heterocycles. The van der Waals surface area contributed by atoms with Crippen LogP contribution in [-0.4, -0.2) is 51.8 Å². The molecule has 2 fully saturated rings. The Hall–Kier alpha value is -1.30. The molecule has 0 heterocycles. The Morgan fingerprint density at radius 1 is 1.17 bits per heavy atom. The fourth-order valence-electron chi connectivity index (χ4n) is 3.42. The van der Waals surface area contributed by atoms with Gasteiger partial charge in [0.25, 0.3) is 0 Å². The minimum Gasteiger partial charge on any atom is -0.382 e. The Morgan fingerprint density at radius 3 is 2.50 bits per heavy atom. The molecular weight excluding hydrogens is 304 g/mol. The average Bonchev–Trinajstić information content (AvgIpc) is 3.35. The summed E-state index contributed by atoms with van der Waals surface area (Å²) in [7, 11) is 1.79. The van der Waals surface area contributed by atoms with Crippen molar-refractivity contribution in [2.24, 2.45) is 16.3 Å². The minimum atomic E-state index is 0.195. The minimum absolute atomic E-state index is 0.195. The van der Waals surface area contributed by atoms with Crippen molar-refractivity contribution >= 4 is 11.9 Å². The van der Waals surface area contributed by atoms with Gasteiger partial charge in [-0.1, -0.05) is 12.8 Å². The monoisotopic (exact) mass is 338 g/mol. The highest BCUT2D eigenvalue weighted by Crippen LogP contribution is 2.40. The van der Waals surface area contributed by atoms with E-state index in [1.165, 1.54) is 25.7 Å². The summed E-state index contributed by atoms with van der Waals surface area (Å²) in [5, 5.41) is 9.72. The van der Waals surface area contributed by atoms with Gasteiger partial charge in [0.2, 0.25) is 5.91 Å². The summed E-state index contributed by atoms with van der Waals surface area (Å²) in [6.45, 7) is 5.97. The topological polar surface area (TPSA) is 74.8 Å². The van der Waals surface area contributed by atoms with Crippen molar-refractivity contribution in [3.05, 3.63) is 0 Å². The lowest BCUT2D eigenvalue weighted by molar-refractivity contribution is -0.122. The Kier molecular flexibility index (Phi) is 7.82. The molecule has 3 N–H and O–H groups in total. The fraction of sp³-hybridized carbons (Fsp3) is 0.889. The summed E-state index contributed by atoms with van der Waals surface area (Å²) in [6.07, 6.45) is 8.37. The zero-order valence-electron chi connectivity index (χ0n) is 15.3. The number of hydrogen-bond acceptors (Lipinski definition) is 3. The van der Waals surface area contributed by atoms with Crippen LogP contribution in [0.1, 0.15) is 51.9 Å². The maximum Gasteiger partial charge on any atom is 0.223 e. The highest BCUT2D eigenvalue weighted by molar-refractivity contribution is 5.81. The number of guanidine groups is 1. The van der Waals surface area contributed by atoms with Crippen LogP contribution >= 0.6 is 0 Å². The summed E-state index contributed by atoms with van der Waals surface area (Å²) in [6, 6.07) is 0. The molecule has 138 valence electrons. The molecule has 0 spiro atoms. The quantitative estimate of drug-likeness (QED) is 0.322. The molecule has 2 rings (SSSR count). The Labute approximate surface area is 146 Å². The van der Waals surface area contributed by atoms with Gasteiger partial charge in [-0.25, -0.2) is 0 Å². The third-order valence-electron chi connectivity index (χ3n) is 5.16. The molecule has 0 saturated heterocycles. The maximum atomic E-state index is 11.6. The van der Waals surface area contributed by atoms with Gasteiger partial charge in [-0.2, -0.15) is 0 Å². The molecule has 0 atom stereocenters. The van der Waals surface area contributed by atoms with Gasteiger partial charge in [-0.15, -0.1) is 0 Å². The Bertz CT molecular complexity index is 415. The standard InChI is InChI=1S/C18H34N4O2/c1-3-24-13-10-18(8-4-5-9-18)14-22-17(19-2)21-12-11-20-16(23)15-6-7-15/h15H,3-14H2,1-2H3,(H,20,23)(H2,19,21,22). The lowest BCUT2D eigenvalue weighted by Gasteiger charge is -2.30. The van der Waals surface area contributed by atoms with E-state index in [0.29, 0.717) is 18.5 Å². The number of nitrogens with zero attached hydrogens (tertiary/aromatic N) is 1. The molecule has 0 aromatic carbocycles. The molecule has 0 aromatic rings. The van der Waals surface area contributed by atoms with E-state index < -0.39 is 0 Å². The molecule has 0 radical (unpaired) electrons. The van der Waals surface area contributed by atoms with Crippen LogP contribution in [-0.2, 0) is 9.53 Å². The molecule has 2 aliphatic rings. The van der Waals surface area contributed by atoms with Gasteiger partial charge < -0.3 is 20.7 Å². The van der Waals surface area contributed by atoms with Gasteiger partial charge >= 0.3 is 0 Å². The molecule has 6 heteroatoms. The zero-order valence-corrected chi connectivity index (χ0v) is 15.3. The van der Waals surface area contributed by atoms with Crippen molar-refractivity contribution in [1.82, 2.24) is 16.0 Å². The van der Waals surface area contributed by atoms with E-state index in [1.54, 1.807) is 7.05 Å². The zero-order chi connectivity index (χ0) is 17.3. The predicted molar refractivity (Wildman–Crippen MR) is 97.1 cm³/mol. The van der Waals surface area contributed by atoms with Gasteiger partial charge in [0.05, 0.1) is 0 Å². The lowest BCUT2D eigenvalue weighted by Crippen LogP contribution is -2.45. The van der Waals surface area contributed by atoms with Gasteiger partial charge in [0.15, 0.2) is 5.96 Å². The average molecular weight is 338 g/mol. The molecule has 0 unspecified atom stereocenters. The van der Waals surface area contributed by atoms with Crippen molar-refractivity contribution in [3.8, 4) is 0 Å². The van der Waals surface area contributed by atoms with E-state index >= 15 is 0 Å². The van der Waals surface area contributed by atoms with Crippen molar-refractivity contribution in [1.29, 1.82) is 0 Å². The van der Waals surface area contributed by atoms with Crippen LogP contribution in [0.5, 0.6) is 0 Å². The van der Waals surface area contributed by atoms with Gasteiger partial charge in [0, 0.05) is 45.8 Å². The highest BCUT2D eigenvalue weighted by Gasteiger charge is 2.33. The first-order valence-corrected chi connectivity index (χ1v) is 9.49. The van der Waals surface area contributed by atoms with Crippen LogP contribution in [0.15, 0.2) is 4.99 Å². The smallest absolute Gasteiger partial charge is 0.223 e. The molecular formula is C18H34N4O2. The number of nitrogens with one attached hydrogen (secondary N) is 3. The first-order valence-electron chi connectivity index (χ1n) is 9.49. The van der Waals surface area contributed by atoms with Gasteiger partial charge in [0.1, 0.15) is 0 Å². The van der Waals surface area contributed by atoms with Crippen molar-refractivity contribution in [3.63, 3.8) is 0 Å². The largest absolute Gasteiger partial charge is 0.382 e. The van der Waals surface area contributed by atoms with Crippen LogP contribution in [0.25, 0.3) is 0 Å². The summed E-state index contributed by atoms with van der Waals surface area (Å²) in [5.74, 6) is 1.29. The first-order chi connectivity index (χ1) is 11.7. The molecule has 1 amide bonds. The number of rotatable bonds is 10. The normalized spacial score (nSPS) is 20.0. The van der Waals surface area contributed by atoms with Crippen LogP contribution in [0, 0.1) is 11.3 Å². The van der Waals surface area contributed by atoms with Crippen molar-refractivity contribution in [2.75, 3.05) is 39.9 Å². The van der Waals surface area contributed by atoms with Crippen LogP contribution in [0.3, 0.4) is 0 Å². The number of carbonyl (C=O) groups excluding carboxylic acids is 1. The molecule has 0 bridgehead atoms. The summed E-state index contributed by atoms with van der Waals surface area (Å²) >= 11 is 0. The third kappa shape index (κ3) is 6.30. The predicted octanol–water partition coefficient (Wildman–Crippen LogP) is 1.66. The number of hydrogen-bond donors (Lipinski definition) is 3. The third-order valence-corrected chi connectivity index (χ3v) is 5.16. The van der Waals surface area contributed by atoms with Crippen molar-refractivity contribution < 1.29 is 9.53 Å². The van der Waals surface area contributed by atoms with E-state index in [0.717, 1.165) is 45.0 Å². The Balaban J connectivity index is 1.65. The van der Waals surface area contributed by atoms with Crippen molar-refractivity contribution in [2.45, 2.75) is 51.9 Å². The number of amides is 1. The first kappa shape index (κ1) is 19.0. The molecule has 2 saturated carbocycles. The summed E-state index contributed by atoms with van der Waals surface area (Å²) in [4.78, 5) is 15.9. The number of carbonyl (C=O) groups is 1. The van der Waals surface area contributed by atoms with E-state index in [9.17, 15) is 4.79 Å². The van der Waals surface area contributed by atoms with Gasteiger partial charge in [-0.3, -0.25) is 9.79 Å². The van der Waals surface area contributed by atoms with Crippen LogP contribution in [0.2, 0.25) is 0 Å². The lowest BCUT2D eigenvalue weighted by atomic mass is 9.83. The van der Waals surface area contributed by atoms with E-state index in [2.05, 4.69) is 20.9 Å². The SMILES string of the molecule is CCOCCC1(CNC(=NC)NCCNC(=O)C2CC2)CCCC1. The van der Waals surface area contributed by atoms with E-state index in [1.807, 2.05) is 6.92 Å². The second kappa shape index (κ2) is 9.87. The molecule has 6 nitrogen and oxygen atoms in total. The number of ether oxygens (including phenoxy) is 1. The number of aliphatic imine (C=N–C) groups is 1. The second-order valence-corrected chi connectivity index (χ2v) is 7.07. The van der Waals surface area contributed by atoms with Crippen LogP contribution in [0.4, 0.5) is 0 Å². The Morgan fingerprint density at radius 2 is 1.88 bits per heavy atom.